The van der Waals surface area contributed by atoms with Crippen LogP contribution in [-0.2, 0) is 6.54 Å². The second kappa shape index (κ2) is 5.63. The van der Waals surface area contributed by atoms with E-state index in [1.54, 1.807) is 18.3 Å². The number of rotatable bonds is 4. The third-order valence-corrected chi connectivity index (χ3v) is 2.74. The fraction of sp³-hybridized carbons (Fsp3) is 0.167. The molecule has 0 unspecified atom stereocenters. The number of carbonyl (C=O) groups is 1. The van der Waals surface area contributed by atoms with Gasteiger partial charge in [-0.1, -0.05) is 0 Å². The minimum Gasteiger partial charge on any atom is -0.353 e. The molecular formula is C12H12BrN3O. The zero-order chi connectivity index (χ0) is 12.1. The smallest absolute Gasteiger partial charge is 0.251 e. The van der Waals surface area contributed by atoms with Gasteiger partial charge in [0, 0.05) is 37.2 Å². The molecule has 0 atom stereocenters. The zero-order valence-electron chi connectivity index (χ0n) is 9.14. The Labute approximate surface area is 108 Å². The highest BCUT2D eigenvalue weighted by Crippen LogP contribution is 2.07. The summed E-state index contributed by atoms with van der Waals surface area (Å²) >= 11 is 3.23. The molecule has 0 saturated heterocycles. The van der Waals surface area contributed by atoms with Crippen molar-refractivity contribution in [2.45, 2.75) is 6.54 Å². The van der Waals surface area contributed by atoms with Crippen LogP contribution in [0.4, 0.5) is 0 Å². The van der Waals surface area contributed by atoms with Gasteiger partial charge in [0.15, 0.2) is 0 Å². The molecule has 1 N–H and O–H groups in total. The highest BCUT2D eigenvalue weighted by atomic mass is 79.9. The first kappa shape index (κ1) is 11.9. The number of halogens is 1. The van der Waals surface area contributed by atoms with Gasteiger partial charge in [-0.3, -0.25) is 4.79 Å². The maximum atomic E-state index is 11.8. The minimum absolute atomic E-state index is 0.0831. The molecule has 0 spiro atoms. The summed E-state index contributed by atoms with van der Waals surface area (Å²) in [6.45, 7) is 1.37. The number of hydrogen-bond donors (Lipinski definition) is 1. The van der Waals surface area contributed by atoms with E-state index in [4.69, 9.17) is 0 Å². The summed E-state index contributed by atoms with van der Waals surface area (Å²) in [4.78, 5) is 15.7. The SMILES string of the molecule is O=C(NCCn1cccc1)c1ccnc(Br)c1. The molecular weight excluding hydrogens is 282 g/mol. The Morgan fingerprint density at radius 2 is 2.18 bits per heavy atom. The molecule has 0 bridgehead atoms. The summed E-state index contributed by atoms with van der Waals surface area (Å²) in [6.07, 6.45) is 5.54. The number of aromatic nitrogens is 2. The maximum Gasteiger partial charge on any atom is 0.251 e. The predicted octanol–water partition coefficient (Wildman–Crippen LogP) is 2.08. The first-order valence-electron chi connectivity index (χ1n) is 5.26. The molecule has 5 heteroatoms. The van der Waals surface area contributed by atoms with Crippen LogP contribution < -0.4 is 5.32 Å². The summed E-state index contributed by atoms with van der Waals surface area (Å²) in [5.41, 5.74) is 0.611. The molecule has 0 radical (unpaired) electrons. The molecule has 2 rings (SSSR count). The van der Waals surface area contributed by atoms with Gasteiger partial charge in [0.2, 0.25) is 0 Å². The van der Waals surface area contributed by atoms with E-state index in [0.717, 1.165) is 6.54 Å². The molecule has 2 aromatic heterocycles. The predicted molar refractivity (Wildman–Crippen MR) is 68.7 cm³/mol. The molecule has 2 heterocycles. The van der Waals surface area contributed by atoms with Gasteiger partial charge in [-0.25, -0.2) is 4.98 Å². The molecule has 0 aromatic carbocycles. The number of nitrogens with zero attached hydrogens (tertiary/aromatic N) is 2. The van der Waals surface area contributed by atoms with E-state index in [1.165, 1.54) is 0 Å². The molecule has 0 aliphatic rings. The molecule has 17 heavy (non-hydrogen) atoms. The topological polar surface area (TPSA) is 46.9 Å². The molecule has 0 aliphatic carbocycles. The van der Waals surface area contributed by atoms with Crippen molar-refractivity contribution in [2.24, 2.45) is 0 Å². The fourth-order valence-corrected chi connectivity index (χ4v) is 1.83. The Hall–Kier alpha value is -1.62. The van der Waals surface area contributed by atoms with E-state index in [2.05, 4.69) is 26.2 Å². The van der Waals surface area contributed by atoms with Crippen molar-refractivity contribution in [3.63, 3.8) is 0 Å². The summed E-state index contributed by atoms with van der Waals surface area (Å²) in [5.74, 6) is -0.0831. The van der Waals surface area contributed by atoms with Gasteiger partial charge in [0.25, 0.3) is 5.91 Å². The van der Waals surface area contributed by atoms with Gasteiger partial charge in [0.05, 0.1) is 0 Å². The number of hydrogen-bond acceptors (Lipinski definition) is 2. The first-order chi connectivity index (χ1) is 8.25. The molecule has 88 valence electrons. The van der Waals surface area contributed by atoms with Crippen molar-refractivity contribution in [3.05, 3.63) is 53.0 Å². The van der Waals surface area contributed by atoms with Crippen molar-refractivity contribution in [1.82, 2.24) is 14.9 Å². The number of amides is 1. The highest BCUT2D eigenvalue weighted by molar-refractivity contribution is 9.10. The van der Waals surface area contributed by atoms with E-state index in [-0.39, 0.29) is 5.91 Å². The lowest BCUT2D eigenvalue weighted by Crippen LogP contribution is -2.26. The van der Waals surface area contributed by atoms with Crippen LogP contribution >= 0.6 is 15.9 Å². The number of carbonyl (C=O) groups excluding carboxylic acids is 1. The van der Waals surface area contributed by atoms with Crippen LogP contribution in [-0.4, -0.2) is 22.0 Å². The van der Waals surface area contributed by atoms with Crippen molar-refractivity contribution >= 4 is 21.8 Å². The lowest BCUT2D eigenvalue weighted by molar-refractivity contribution is 0.0952. The Morgan fingerprint density at radius 1 is 1.41 bits per heavy atom. The summed E-state index contributed by atoms with van der Waals surface area (Å²) in [6, 6.07) is 7.31. The lowest BCUT2D eigenvalue weighted by atomic mass is 10.2. The van der Waals surface area contributed by atoms with Gasteiger partial charge in [0.1, 0.15) is 4.60 Å². The molecule has 4 nitrogen and oxygen atoms in total. The summed E-state index contributed by atoms with van der Waals surface area (Å²) < 4.78 is 2.68. The fourth-order valence-electron chi connectivity index (χ4n) is 1.46. The van der Waals surface area contributed by atoms with Gasteiger partial charge in [-0.05, 0) is 40.2 Å². The lowest BCUT2D eigenvalue weighted by Gasteiger charge is -2.06. The van der Waals surface area contributed by atoms with Gasteiger partial charge in [-0.15, -0.1) is 0 Å². The Kier molecular flexibility index (Phi) is 3.93. The largest absolute Gasteiger partial charge is 0.353 e. The van der Waals surface area contributed by atoms with Crippen LogP contribution in [0.5, 0.6) is 0 Å². The van der Waals surface area contributed by atoms with E-state index < -0.39 is 0 Å². The van der Waals surface area contributed by atoms with Crippen LogP contribution in [0.2, 0.25) is 0 Å². The third kappa shape index (κ3) is 3.42. The van der Waals surface area contributed by atoms with E-state index in [0.29, 0.717) is 16.7 Å². The Balaban J connectivity index is 1.85. The Bertz CT molecular complexity index is 496. The van der Waals surface area contributed by atoms with E-state index in [1.807, 2.05) is 29.1 Å². The minimum atomic E-state index is -0.0831. The Morgan fingerprint density at radius 3 is 2.88 bits per heavy atom. The quantitative estimate of drug-likeness (QED) is 0.878. The average Bonchev–Trinajstić information content (AvgIpc) is 2.82. The van der Waals surface area contributed by atoms with E-state index >= 15 is 0 Å². The summed E-state index contributed by atoms with van der Waals surface area (Å²) in [7, 11) is 0. The molecule has 0 aliphatic heterocycles. The van der Waals surface area contributed by atoms with Crippen LogP contribution in [0.3, 0.4) is 0 Å². The molecule has 0 fully saturated rings. The van der Waals surface area contributed by atoms with Crippen molar-refractivity contribution in [1.29, 1.82) is 0 Å². The normalized spacial score (nSPS) is 10.2. The van der Waals surface area contributed by atoms with E-state index in [9.17, 15) is 4.79 Å². The van der Waals surface area contributed by atoms with Crippen LogP contribution in [0.15, 0.2) is 47.5 Å². The zero-order valence-corrected chi connectivity index (χ0v) is 10.7. The molecule has 1 amide bonds. The van der Waals surface area contributed by atoms with Crippen molar-refractivity contribution in [2.75, 3.05) is 6.54 Å². The monoisotopic (exact) mass is 293 g/mol. The van der Waals surface area contributed by atoms with Crippen LogP contribution in [0.1, 0.15) is 10.4 Å². The number of pyridine rings is 1. The standard InChI is InChI=1S/C12H12BrN3O/c13-11-9-10(3-4-14-11)12(17)15-5-8-16-6-1-2-7-16/h1-4,6-7,9H,5,8H2,(H,15,17). The average molecular weight is 294 g/mol. The molecule has 0 saturated carbocycles. The second-order valence-electron chi connectivity index (χ2n) is 3.54. The summed E-state index contributed by atoms with van der Waals surface area (Å²) in [5, 5.41) is 2.86. The maximum absolute atomic E-state index is 11.8. The van der Waals surface area contributed by atoms with Gasteiger partial charge >= 0.3 is 0 Å². The first-order valence-corrected chi connectivity index (χ1v) is 6.05. The van der Waals surface area contributed by atoms with Crippen LogP contribution in [0, 0.1) is 0 Å². The second-order valence-corrected chi connectivity index (χ2v) is 4.36. The van der Waals surface area contributed by atoms with Crippen LogP contribution in [0.25, 0.3) is 0 Å². The van der Waals surface area contributed by atoms with Crippen molar-refractivity contribution < 1.29 is 4.79 Å². The van der Waals surface area contributed by atoms with Gasteiger partial charge < -0.3 is 9.88 Å². The molecule has 2 aromatic rings. The van der Waals surface area contributed by atoms with Crippen molar-refractivity contribution in [3.8, 4) is 0 Å². The highest BCUT2D eigenvalue weighted by Gasteiger charge is 2.04. The van der Waals surface area contributed by atoms with Gasteiger partial charge in [-0.2, -0.15) is 0 Å². The number of nitrogens with one attached hydrogen (secondary N) is 1. The third-order valence-electron chi connectivity index (χ3n) is 2.31.